The van der Waals surface area contributed by atoms with E-state index in [2.05, 4.69) is 62.3 Å². The van der Waals surface area contributed by atoms with Crippen LogP contribution in [0, 0.1) is 41.4 Å². The highest BCUT2D eigenvalue weighted by Gasteiger charge is 2.24. The summed E-state index contributed by atoms with van der Waals surface area (Å²) in [7, 11) is 0. The highest BCUT2D eigenvalue weighted by molar-refractivity contribution is 4.74. The van der Waals surface area contributed by atoms with Crippen LogP contribution >= 0.6 is 0 Å². The van der Waals surface area contributed by atoms with Crippen LogP contribution in [0.15, 0.2) is 0 Å². The van der Waals surface area contributed by atoms with Crippen LogP contribution in [0.5, 0.6) is 0 Å². The van der Waals surface area contributed by atoms with E-state index in [1.54, 1.807) is 0 Å². The molecule has 0 aromatic carbocycles. The first-order valence-electron chi connectivity index (χ1n) is 10.7. The Morgan fingerprint density at radius 3 is 1.52 bits per heavy atom. The summed E-state index contributed by atoms with van der Waals surface area (Å²) in [6.45, 7) is 21.9. The molecule has 0 aromatic heterocycles. The molecule has 0 nitrogen and oxygen atoms in total. The lowest BCUT2D eigenvalue weighted by atomic mass is 9.74. The number of unbranched alkanes of at least 4 members (excludes halogenated alkanes) is 1. The fraction of sp³-hybridized carbons (Fsp3) is 1.00. The average Bonchev–Trinajstić information content (AvgIpc) is 2.53. The summed E-state index contributed by atoms with van der Waals surface area (Å²) in [5.41, 5.74) is 0. The third-order valence-corrected chi connectivity index (χ3v) is 6.83. The van der Waals surface area contributed by atoms with E-state index in [9.17, 15) is 0 Å². The molecule has 140 valence electrons. The van der Waals surface area contributed by atoms with Gasteiger partial charge in [0.25, 0.3) is 0 Å². The lowest BCUT2D eigenvalue weighted by molar-refractivity contribution is 0.187. The molecule has 0 heteroatoms. The van der Waals surface area contributed by atoms with Crippen LogP contribution < -0.4 is 0 Å². The molecule has 0 aliphatic rings. The van der Waals surface area contributed by atoms with Gasteiger partial charge in [-0.15, -0.1) is 0 Å². The molecule has 0 radical (unpaired) electrons. The van der Waals surface area contributed by atoms with Gasteiger partial charge in [0, 0.05) is 0 Å². The van der Waals surface area contributed by atoms with Gasteiger partial charge in [0.2, 0.25) is 0 Å². The molecule has 0 N–H and O–H groups in total. The fourth-order valence-corrected chi connectivity index (χ4v) is 4.22. The molecule has 0 rings (SSSR count). The van der Waals surface area contributed by atoms with Crippen molar-refractivity contribution in [3.05, 3.63) is 0 Å². The maximum Gasteiger partial charge on any atom is -0.0386 e. The minimum atomic E-state index is 0.841. The summed E-state index contributed by atoms with van der Waals surface area (Å²) < 4.78 is 0. The van der Waals surface area contributed by atoms with Crippen LogP contribution in [0.3, 0.4) is 0 Å². The molecule has 0 saturated carbocycles. The van der Waals surface area contributed by atoms with Gasteiger partial charge in [-0.25, -0.2) is 0 Å². The van der Waals surface area contributed by atoms with E-state index in [-0.39, 0.29) is 0 Å². The van der Waals surface area contributed by atoms with Crippen molar-refractivity contribution in [2.24, 2.45) is 41.4 Å². The molecule has 0 spiro atoms. The van der Waals surface area contributed by atoms with Gasteiger partial charge in [-0.1, -0.05) is 101 Å². The molecule has 6 unspecified atom stereocenters. The second-order valence-corrected chi connectivity index (χ2v) is 9.17. The third kappa shape index (κ3) is 9.16. The Bertz CT molecular complexity index is 267. The summed E-state index contributed by atoms with van der Waals surface area (Å²) in [4.78, 5) is 0. The van der Waals surface area contributed by atoms with Crippen LogP contribution in [0.2, 0.25) is 0 Å². The van der Waals surface area contributed by atoms with Gasteiger partial charge in [-0.2, -0.15) is 0 Å². The number of hydrogen-bond donors (Lipinski definition) is 0. The zero-order chi connectivity index (χ0) is 18.0. The van der Waals surface area contributed by atoms with Crippen molar-refractivity contribution in [2.75, 3.05) is 0 Å². The van der Waals surface area contributed by atoms with Crippen molar-refractivity contribution in [2.45, 2.75) is 107 Å². The van der Waals surface area contributed by atoms with Crippen LogP contribution in [0.4, 0.5) is 0 Å². The lowest BCUT2D eigenvalue weighted by Gasteiger charge is -2.32. The van der Waals surface area contributed by atoms with Crippen LogP contribution in [-0.2, 0) is 0 Å². The van der Waals surface area contributed by atoms with Gasteiger partial charge < -0.3 is 0 Å². The molecule has 0 bridgehead atoms. The van der Waals surface area contributed by atoms with Crippen molar-refractivity contribution in [3.63, 3.8) is 0 Å². The standard InChI is InChI=1S/C23H48/c1-10-12-13-18(5)21(8)19(6)14-15-20(7)22(9)23(11-2)16-17(3)4/h17-23H,10-16H2,1-9H3. The Labute approximate surface area is 149 Å². The highest BCUT2D eigenvalue weighted by atomic mass is 14.3. The van der Waals surface area contributed by atoms with E-state index in [0.29, 0.717) is 0 Å². The first-order chi connectivity index (χ1) is 10.7. The van der Waals surface area contributed by atoms with Crippen molar-refractivity contribution >= 4 is 0 Å². The molecular weight excluding hydrogens is 276 g/mol. The van der Waals surface area contributed by atoms with Gasteiger partial charge in [-0.3, -0.25) is 0 Å². The van der Waals surface area contributed by atoms with E-state index >= 15 is 0 Å². The molecule has 0 aromatic rings. The topological polar surface area (TPSA) is 0 Å². The van der Waals surface area contributed by atoms with E-state index in [1.165, 1.54) is 44.9 Å². The number of hydrogen-bond acceptors (Lipinski definition) is 0. The summed E-state index contributed by atoms with van der Waals surface area (Å²) in [6.07, 6.45) is 9.75. The molecule has 0 aliphatic heterocycles. The van der Waals surface area contributed by atoms with Crippen LogP contribution in [0.1, 0.15) is 107 Å². The van der Waals surface area contributed by atoms with Crippen molar-refractivity contribution in [1.29, 1.82) is 0 Å². The van der Waals surface area contributed by atoms with Crippen LogP contribution in [0.25, 0.3) is 0 Å². The monoisotopic (exact) mass is 324 g/mol. The van der Waals surface area contributed by atoms with Crippen LogP contribution in [-0.4, -0.2) is 0 Å². The maximum atomic E-state index is 2.51. The molecule has 0 heterocycles. The van der Waals surface area contributed by atoms with Crippen molar-refractivity contribution < 1.29 is 0 Å². The lowest BCUT2D eigenvalue weighted by Crippen LogP contribution is -2.22. The minimum Gasteiger partial charge on any atom is -0.0654 e. The van der Waals surface area contributed by atoms with Gasteiger partial charge in [0.15, 0.2) is 0 Å². The summed E-state index contributed by atoms with van der Waals surface area (Å²) in [5, 5.41) is 0. The normalized spacial score (nSPS) is 20.1. The first kappa shape index (κ1) is 23.0. The number of rotatable bonds is 13. The minimum absolute atomic E-state index is 0.841. The molecular formula is C23H48. The Morgan fingerprint density at radius 2 is 1.09 bits per heavy atom. The Morgan fingerprint density at radius 1 is 0.609 bits per heavy atom. The van der Waals surface area contributed by atoms with Gasteiger partial charge in [-0.05, 0) is 47.8 Å². The summed E-state index contributed by atoms with van der Waals surface area (Å²) >= 11 is 0. The van der Waals surface area contributed by atoms with E-state index in [1.807, 2.05) is 0 Å². The molecule has 0 amide bonds. The van der Waals surface area contributed by atoms with E-state index < -0.39 is 0 Å². The average molecular weight is 325 g/mol. The predicted octanol–water partition coefficient (Wildman–Crippen LogP) is 8.21. The molecule has 23 heavy (non-hydrogen) atoms. The summed E-state index contributed by atoms with van der Waals surface area (Å²) in [6, 6.07) is 0. The largest absolute Gasteiger partial charge is 0.0654 e. The van der Waals surface area contributed by atoms with E-state index in [0.717, 1.165) is 41.4 Å². The van der Waals surface area contributed by atoms with Crippen molar-refractivity contribution in [1.82, 2.24) is 0 Å². The smallest absolute Gasteiger partial charge is 0.0386 e. The Balaban J connectivity index is 4.31. The molecule has 0 aliphatic carbocycles. The Kier molecular flexibility index (Phi) is 12.4. The first-order valence-corrected chi connectivity index (χ1v) is 10.7. The Hall–Kier alpha value is 0. The van der Waals surface area contributed by atoms with Crippen molar-refractivity contribution in [3.8, 4) is 0 Å². The SMILES string of the molecule is CCCCC(C)C(C)C(C)CCC(C)C(C)C(CC)CC(C)C. The molecule has 6 atom stereocenters. The second-order valence-electron chi connectivity index (χ2n) is 9.17. The zero-order valence-corrected chi connectivity index (χ0v) is 18.0. The zero-order valence-electron chi connectivity index (χ0n) is 18.0. The van der Waals surface area contributed by atoms with E-state index in [4.69, 9.17) is 0 Å². The van der Waals surface area contributed by atoms with Gasteiger partial charge in [0.1, 0.15) is 0 Å². The predicted molar refractivity (Wildman–Crippen MR) is 108 cm³/mol. The van der Waals surface area contributed by atoms with Gasteiger partial charge in [0.05, 0.1) is 0 Å². The third-order valence-electron chi connectivity index (χ3n) is 6.83. The molecule has 0 fully saturated rings. The fourth-order valence-electron chi connectivity index (χ4n) is 4.22. The van der Waals surface area contributed by atoms with Gasteiger partial charge >= 0.3 is 0 Å². The quantitative estimate of drug-likeness (QED) is 0.320. The highest BCUT2D eigenvalue weighted by Crippen LogP contribution is 2.34. The maximum absolute atomic E-state index is 2.51. The second kappa shape index (κ2) is 12.4. The summed E-state index contributed by atoms with van der Waals surface area (Å²) in [5.74, 6) is 6.15. The molecule has 0 saturated heterocycles.